The summed E-state index contributed by atoms with van der Waals surface area (Å²) in [7, 11) is 1.65. The molecule has 0 amide bonds. The number of H-pyrrole nitrogens is 1. The van der Waals surface area contributed by atoms with Crippen molar-refractivity contribution in [3.05, 3.63) is 54.6 Å². The molecule has 39 heavy (non-hydrogen) atoms. The van der Waals surface area contributed by atoms with E-state index in [1.807, 2.05) is 42.7 Å². The van der Waals surface area contributed by atoms with Crippen molar-refractivity contribution in [2.24, 2.45) is 11.8 Å². The number of fused-ring (bicyclic) bond motifs is 3. The van der Waals surface area contributed by atoms with Gasteiger partial charge in [-0.15, -0.1) is 0 Å². The fourth-order valence-corrected chi connectivity index (χ4v) is 7.58. The fourth-order valence-electron chi connectivity index (χ4n) is 6.53. The summed E-state index contributed by atoms with van der Waals surface area (Å²) in [4.78, 5) is 11.1. The Labute approximate surface area is 230 Å². The van der Waals surface area contributed by atoms with Gasteiger partial charge in [-0.25, -0.2) is 14.2 Å². The molecule has 1 aliphatic heterocycles. The Balaban J connectivity index is 1.11. The monoisotopic (exact) mass is 549 g/mol. The van der Waals surface area contributed by atoms with E-state index in [4.69, 9.17) is 9.47 Å². The van der Waals surface area contributed by atoms with E-state index >= 15 is 0 Å². The van der Waals surface area contributed by atoms with E-state index < -0.39 is 11.1 Å². The first-order valence-electron chi connectivity index (χ1n) is 13.8. The first kappa shape index (κ1) is 26.2. The molecule has 1 aliphatic carbocycles. The third-order valence-corrected chi connectivity index (χ3v) is 9.56. The minimum Gasteiger partial charge on any atom is -0.497 e. The molecule has 1 saturated carbocycles. The van der Waals surface area contributed by atoms with Gasteiger partial charge in [-0.1, -0.05) is 0 Å². The van der Waals surface area contributed by atoms with Gasteiger partial charge in [0, 0.05) is 52.6 Å². The lowest BCUT2D eigenvalue weighted by Crippen LogP contribution is -2.49. The van der Waals surface area contributed by atoms with Gasteiger partial charge in [0.05, 0.1) is 19.9 Å². The summed E-state index contributed by atoms with van der Waals surface area (Å²) in [5.41, 5.74) is 1.88. The highest BCUT2D eigenvalue weighted by atomic mass is 32.2. The lowest BCUT2D eigenvalue weighted by molar-refractivity contribution is 0.0877. The molecule has 2 aliphatic rings. The molecule has 0 bridgehead atoms. The zero-order valence-electron chi connectivity index (χ0n) is 22.2. The zero-order valence-corrected chi connectivity index (χ0v) is 23.0. The average Bonchev–Trinajstić information content (AvgIpc) is 3.46. The van der Waals surface area contributed by atoms with Crippen molar-refractivity contribution in [3.63, 3.8) is 0 Å². The Morgan fingerprint density at radius 3 is 2.64 bits per heavy atom. The van der Waals surface area contributed by atoms with E-state index in [-0.39, 0.29) is 11.3 Å². The number of nitrogens with zero attached hydrogens (tertiary/aromatic N) is 4. The van der Waals surface area contributed by atoms with Gasteiger partial charge in [0.25, 0.3) is 0 Å². The van der Waals surface area contributed by atoms with Gasteiger partial charge in [0.1, 0.15) is 16.9 Å². The van der Waals surface area contributed by atoms with Crippen LogP contribution < -0.4 is 9.47 Å². The third kappa shape index (κ3) is 5.50. The van der Waals surface area contributed by atoms with E-state index in [0.29, 0.717) is 18.4 Å². The highest BCUT2D eigenvalue weighted by molar-refractivity contribution is 7.79. The number of likely N-dealkylation sites (tertiary alicyclic amines) is 1. The second-order valence-corrected chi connectivity index (χ2v) is 11.9. The molecule has 0 radical (unpaired) electrons. The van der Waals surface area contributed by atoms with Crippen LogP contribution in [-0.4, -0.2) is 66.0 Å². The molecule has 206 valence electrons. The Kier molecular flexibility index (Phi) is 7.76. The summed E-state index contributed by atoms with van der Waals surface area (Å²) in [5, 5.41) is 10.5. The molecule has 1 saturated heterocycles. The second-order valence-electron chi connectivity index (χ2n) is 10.8. The maximum Gasteiger partial charge on any atom is 0.171 e. The second kappa shape index (κ2) is 11.6. The Bertz CT molecular complexity index is 1440. The van der Waals surface area contributed by atoms with E-state index in [2.05, 4.69) is 25.1 Å². The summed E-state index contributed by atoms with van der Waals surface area (Å²) in [6.07, 6.45) is 11.2. The van der Waals surface area contributed by atoms with Gasteiger partial charge in [-0.3, -0.25) is 10.00 Å². The number of nitrogens with one attached hydrogen (secondary N) is 1. The van der Waals surface area contributed by atoms with Crippen molar-refractivity contribution in [1.29, 1.82) is 0 Å². The molecule has 4 aromatic rings. The van der Waals surface area contributed by atoms with Crippen molar-refractivity contribution in [3.8, 4) is 11.5 Å². The van der Waals surface area contributed by atoms with E-state index in [1.54, 1.807) is 13.3 Å². The summed E-state index contributed by atoms with van der Waals surface area (Å²) in [6, 6.07) is 9.65. The number of aromatic nitrogens is 4. The van der Waals surface area contributed by atoms with Gasteiger partial charge in [0.2, 0.25) is 0 Å². The predicted octanol–water partition coefficient (Wildman–Crippen LogP) is 5.13. The molecule has 1 aromatic carbocycles. The van der Waals surface area contributed by atoms with Gasteiger partial charge < -0.3 is 14.0 Å². The number of aromatic amines is 1. The predicted molar refractivity (Wildman–Crippen MR) is 151 cm³/mol. The lowest BCUT2D eigenvalue weighted by Gasteiger charge is -2.42. The highest BCUT2D eigenvalue weighted by Crippen LogP contribution is 2.41. The number of piperidine rings is 1. The number of benzene rings is 1. The highest BCUT2D eigenvalue weighted by Gasteiger charge is 2.38. The van der Waals surface area contributed by atoms with Crippen LogP contribution in [0.3, 0.4) is 0 Å². The number of pyridine rings is 1. The van der Waals surface area contributed by atoms with Crippen LogP contribution in [0.4, 0.5) is 0 Å². The molecule has 4 heterocycles. The number of rotatable bonds is 8. The summed E-state index contributed by atoms with van der Waals surface area (Å²) < 4.78 is 34.4. The Hall–Kier alpha value is -3.08. The molecule has 0 spiro atoms. The first-order chi connectivity index (χ1) is 19.1. The molecule has 2 N–H and O–H groups in total. The van der Waals surface area contributed by atoms with Crippen molar-refractivity contribution in [1.82, 2.24) is 25.1 Å². The van der Waals surface area contributed by atoms with Crippen molar-refractivity contribution < 1.29 is 18.2 Å². The average molecular weight is 550 g/mol. The molecule has 3 atom stereocenters. The van der Waals surface area contributed by atoms with E-state index in [9.17, 15) is 8.76 Å². The SMILES string of the molecule is COc1ccc(OCC2CCCN(C(C3CCC(c4[nH]ncc5cnc6nccc6c45)CC3)S(=O)O)C2)cc1. The van der Waals surface area contributed by atoms with Crippen LogP contribution in [0, 0.1) is 11.8 Å². The van der Waals surface area contributed by atoms with Gasteiger partial charge >= 0.3 is 0 Å². The third-order valence-electron chi connectivity index (χ3n) is 8.47. The summed E-state index contributed by atoms with van der Waals surface area (Å²) in [5.74, 6) is 2.45. The van der Waals surface area contributed by atoms with Crippen LogP contribution >= 0.6 is 0 Å². The summed E-state index contributed by atoms with van der Waals surface area (Å²) >= 11 is -1.91. The van der Waals surface area contributed by atoms with Crippen LogP contribution in [0.25, 0.3) is 21.8 Å². The maximum atomic E-state index is 12.7. The molecule has 2 fully saturated rings. The van der Waals surface area contributed by atoms with E-state index in [1.165, 1.54) is 0 Å². The number of methoxy groups -OCH3 is 1. The molecule has 3 unspecified atom stereocenters. The molecule has 6 rings (SSSR count). The summed E-state index contributed by atoms with van der Waals surface area (Å²) in [6.45, 7) is 2.24. The van der Waals surface area contributed by atoms with Gasteiger partial charge in [-0.05, 0) is 81.3 Å². The smallest absolute Gasteiger partial charge is 0.171 e. The van der Waals surface area contributed by atoms with Gasteiger partial charge in [0.15, 0.2) is 16.7 Å². The molecule has 9 nitrogen and oxygen atoms in total. The van der Waals surface area contributed by atoms with Crippen LogP contribution in [0.1, 0.15) is 50.1 Å². The van der Waals surface area contributed by atoms with Crippen LogP contribution in [0.2, 0.25) is 0 Å². The van der Waals surface area contributed by atoms with Crippen LogP contribution in [-0.2, 0) is 11.1 Å². The normalized spacial score (nSPS) is 24.0. The number of hydrogen-bond donors (Lipinski definition) is 2. The standard InChI is InChI=1S/C29H35N5O4S/c1-37-23-8-10-24(11-9-23)38-18-19-3-2-14-34(17-19)29(39(35)36)21-6-4-20(5-7-21)27-26-22(16-32-33-27)15-31-28-25(26)12-13-30-28/h8-13,15-16,19-21,29,33H,2-7,14,17-18H2,1H3,(H,35,36). The Morgan fingerprint density at radius 1 is 1.08 bits per heavy atom. The quantitative estimate of drug-likeness (QED) is 0.291. The minimum atomic E-state index is -1.91. The largest absolute Gasteiger partial charge is 0.497 e. The molecular weight excluding hydrogens is 514 g/mol. The fraction of sp³-hybridized carbons (Fsp3) is 0.483. The molecular formula is C29H35N5O4S. The Morgan fingerprint density at radius 2 is 1.87 bits per heavy atom. The first-order valence-corrected chi connectivity index (χ1v) is 14.9. The lowest BCUT2D eigenvalue weighted by atomic mass is 9.78. The molecule has 3 aromatic heterocycles. The zero-order chi connectivity index (χ0) is 26.8. The topological polar surface area (TPSA) is 113 Å². The van der Waals surface area contributed by atoms with Crippen LogP contribution in [0.15, 0.2) is 48.9 Å². The van der Waals surface area contributed by atoms with Crippen molar-refractivity contribution in [2.75, 3.05) is 26.8 Å². The molecule has 10 heteroatoms. The minimum absolute atomic E-state index is 0.179. The van der Waals surface area contributed by atoms with Crippen molar-refractivity contribution >= 4 is 32.9 Å². The maximum absolute atomic E-state index is 12.7. The van der Waals surface area contributed by atoms with Gasteiger partial charge in [-0.2, -0.15) is 5.10 Å². The van der Waals surface area contributed by atoms with E-state index in [0.717, 1.165) is 90.6 Å². The van der Waals surface area contributed by atoms with Crippen LogP contribution in [0.5, 0.6) is 11.5 Å². The number of hydrogen-bond acceptors (Lipinski definition) is 7. The van der Waals surface area contributed by atoms with Crippen molar-refractivity contribution in [2.45, 2.75) is 49.8 Å². The number of ether oxygens (including phenoxy) is 2.